The maximum atomic E-state index is 12.6. The minimum Gasteiger partial charge on any atom is -0.345 e. The SMILES string of the molecule is Cc1cnc([C@H](C)NS(=O)(=O)N2CCc3ccccc3C2)[nH]1. The fourth-order valence-corrected chi connectivity index (χ4v) is 4.03. The smallest absolute Gasteiger partial charge is 0.280 e. The van der Waals surface area contributed by atoms with Crippen LogP contribution in [0.5, 0.6) is 0 Å². The molecule has 0 amide bonds. The Morgan fingerprint density at radius 3 is 2.73 bits per heavy atom. The summed E-state index contributed by atoms with van der Waals surface area (Å²) in [5.74, 6) is 0.624. The van der Waals surface area contributed by atoms with Crippen LogP contribution in [0.25, 0.3) is 0 Å². The number of aromatic amines is 1. The van der Waals surface area contributed by atoms with E-state index in [4.69, 9.17) is 0 Å². The fourth-order valence-electron chi connectivity index (χ4n) is 2.68. The monoisotopic (exact) mass is 320 g/mol. The van der Waals surface area contributed by atoms with Gasteiger partial charge in [-0.1, -0.05) is 24.3 Å². The summed E-state index contributed by atoms with van der Waals surface area (Å²) in [6, 6.07) is 7.58. The lowest BCUT2D eigenvalue weighted by Crippen LogP contribution is -2.44. The van der Waals surface area contributed by atoms with E-state index in [9.17, 15) is 8.42 Å². The van der Waals surface area contributed by atoms with E-state index in [0.29, 0.717) is 18.9 Å². The van der Waals surface area contributed by atoms with Gasteiger partial charge in [-0.15, -0.1) is 0 Å². The molecule has 0 aliphatic carbocycles. The molecule has 0 unspecified atom stereocenters. The Kier molecular flexibility index (Phi) is 4.03. The molecule has 2 heterocycles. The van der Waals surface area contributed by atoms with E-state index in [0.717, 1.165) is 17.7 Å². The van der Waals surface area contributed by atoms with Gasteiger partial charge in [-0.25, -0.2) is 4.98 Å². The van der Waals surface area contributed by atoms with Gasteiger partial charge in [0.25, 0.3) is 10.2 Å². The molecule has 2 aromatic rings. The molecular formula is C15H20N4O2S. The van der Waals surface area contributed by atoms with Crippen molar-refractivity contribution < 1.29 is 8.42 Å². The van der Waals surface area contributed by atoms with Crippen LogP contribution < -0.4 is 4.72 Å². The summed E-state index contributed by atoms with van der Waals surface area (Å²) in [6.45, 7) is 4.58. The maximum absolute atomic E-state index is 12.6. The molecule has 0 spiro atoms. The van der Waals surface area contributed by atoms with Gasteiger partial charge < -0.3 is 4.98 Å². The van der Waals surface area contributed by atoms with Crippen molar-refractivity contribution in [2.75, 3.05) is 6.54 Å². The van der Waals surface area contributed by atoms with Crippen LogP contribution in [-0.4, -0.2) is 29.2 Å². The highest BCUT2D eigenvalue weighted by molar-refractivity contribution is 7.87. The third-order valence-electron chi connectivity index (χ3n) is 3.89. The zero-order chi connectivity index (χ0) is 15.7. The first-order chi connectivity index (χ1) is 10.5. The molecule has 6 nitrogen and oxygen atoms in total. The second kappa shape index (κ2) is 5.83. The van der Waals surface area contributed by atoms with Crippen LogP contribution in [0.1, 0.15) is 35.6 Å². The van der Waals surface area contributed by atoms with E-state index >= 15 is 0 Å². The van der Waals surface area contributed by atoms with Gasteiger partial charge in [-0.3, -0.25) is 0 Å². The van der Waals surface area contributed by atoms with Crippen LogP contribution in [0.15, 0.2) is 30.5 Å². The molecule has 0 saturated heterocycles. The Hall–Kier alpha value is -1.70. The molecule has 3 rings (SSSR count). The number of nitrogens with zero attached hydrogens (tertiary/aromatic N) is 2. The summed E-state index contributed by atoms with van der Waals surface area (Å²) in [7, 11) is -3.54. The van der Waals surface area contributed by atoms with Crippen molar-refractivity contribution in [1.29, 1.82) is 0 Å². The molecule has 7 heteroatoms. The summed E-state index contributed by atoms with van der Waals surface area (Å²) < 4.78 is 29.3. The van der Waals surface area contributed by atoms with Crippen molar-refractivity contribution in [3.05, 3.63) is 53.1 Å². The van der Waals surface area contributed by atoms with E-state index in [2.05, 4.69) is 20.8 Å². The highest BCUT2D eigenvalue weighted by Crippen LogP contribution is 2.21. The highest BCUT2D eigenvalue weighted by atomic mass is 32.2. The lowest BCUT2D eigenvalue weighted by atomic mass is 10.0. The number of aryl methyl sites for hydroxylation is 1. The van der Waals surface area contributed by atoms with Crippen molar-refractivity contribution in [3.63, 3.8) is 0 Å². The van der Waals surface area contributed by atoms with Gasteiger partial charge in [0.15, 0.2) is 0 Å². The van der Waals surface area contributed by atoms with Crippen LogP contribution in [0.2, 0.25) is 0 Å². The van der Waals surface area contributed by atoms with E-state index in [-0.39, 0.29) is 0 Å². The number of imidazole rings is 1. The fraction of sp³-hybridized carbons (Fsp3) is 0.400. The summed E-state index contributed by atoms with van der Waals surface area (Å²) in [4.78, 5) is 7.24. The number of aromatic nitrogens is 2. The quantitative estimate of drug-likeness (QED) is 0.899. The van der Waals surface area contributed by atoms with Crippen molar-refractivity contribution in [2.45, 2.75) is 32.9 Å². The molecule has 0 bridgehead atoms. The Labute approximate surface area is 130 Å². The van der Waals surface area contributed by atoms with Crippen molar-refractivity contribution in [1.82, 2.24) is 19.0 Å². The maximum Gasteiger partial charge on any atom is 0.280 e. The zero-order valence-corrected chi connectivity index (χ0v) is 13.5. The van der Waals surface area contributed by atoms with Crippen LogP contribution in [0.3, 0.4) is 0 Å². The Bertz CT molecular complexity index is 769. The van der Waals surface area contributed by atoms with E-state index in [1.807, 2.05) is 25.1 Å². The largest absolute Gasteiger partial charge is 0.345 e. The number of rotatable bonds is 4. The Morgan fingerprint density at radius 2 is 2.05 bits per heavy atom. The van der Waals surface area contributed by atoms with Gasteiger partial charge in [-0.05, 0) is 31.4 Å². The minimum absolute atomic E-state index is 0.393. The second-order valence-corrected chi connectivity index (χ2v) is 7.35. The predicted molar refractivity (Wildman–Crippen MR) is 84.4 cm³/mol. The van der Waals surface area contributed by atoms with Crippen molar-refractivity contribution in [2.24, 2.45) is 0 Å². The van der Waals surface area contributed by atoms with Gasteiger partial charge in [-0.2, -0.15) is 17.4 Å². The molecule has 0 radical (unpaired) electrons. The first kappa shape index (κ1) is 15.2. The molecule has 0 saturated carbocycles. The summed E-state index contributed by atoms with van der Waals surface area (Å²) >= 11 is 0. The van der Waals surface area contributed by atoms with E-state index in [1.54, 1.807) is 13.1 Å². The summed E-state index contributed by atoms with van der Waals surface area (Å²) in [5, 5.41) is 0. The average Bonchev–Trinajstić information content (AvgIpc) is 2.93. The molecule has 1 aromatic carbocycles. The van der Waals surface area contributed by atoms with Crippen molar-refractivity contribution in [3.8, 4) is 0 Å². The first-order valence-corrected chi connectivity index (χ1v) is 8.75. The van der Waals surface area contributed by atoms with Gasteiger partial charge >= 0.3 is 0 Å². The molecule has 1 aliphatic rings. The topological polar surface area (TPSA) is 78.1 Å². The summed E-state index contributed by atoms with van der Waals surface area (Å²) in [5.41, 5.74) is 3.21. The van der Waals surface area contributed by atoms with Crippen LogP contribution in [-0.2, 0) is 23.2 Å². The van der Waals surface area contributed by atoms with Crippen LogP contribution >= 0.6 is 0 Å². The first-order valence-electron chi connectivity index (χ1n) is 7.31. The van der Waals surface area contributed by atoms with E-state index < -0.39 is 16.3 Å². The van der Waals surface area contributed by atoms with Gasteiger partial charge in [0, 0.05) is 25.0 Å². The molecule has 1 atom stereocenters. The van der Waals surface area contributed by atoms with Crippen LogP contribution in [0, 0.1) is 6.92 Å². The van der Waals surface area contributed by atoms with Crippen molar-refractivity contribution >= 4 is 10.2 Å². The third-order valence-corrected chi connectivity index (χ3v) is 5.54. The number of fused-ring (bicyclic) bond motifs is 1. The molecule has 22 heavy (non-hydrogen) atoms. The standard InChI is InChI=1S/C15H20N4O2S/c1-11-9-16-15(17-11)12(2)18-22(20,21)19-8-7-13-5-3-4-6-14(13)10-19/h3-6,9,12,18H,7-8,10H2,1-2H3,(H,16,17)/t12-/m0/s1. The number of hydrogen-bond acceptors (Lipinski definition) is 3. The predicted octanol–water partition coefficient (Wildman–Crippen LogP) is 1.67. The molecule has 1 aromatic heterocycles. The van der Waals surface area contributed by atoms with Crippen LogP contribution in [0.4, 0.5) is 0 Å². The lowest BCUT2D eigenvalue weighted by molar-refractivity contribution is 0.379. The number of H-pyrrole nitrogens is 1. The third kappa shape index (κ3) is 3.06. The zero-order valence-electron chi connectivity index (χ0n) is 12.7. The molecule has 2 N–H and O–H groups in total. The normalized spacial score (nSPS) is 17.2. The summed E-state index contributed by atoms with van der Waals surface area (Å²) in [6.07, 6.45) is 2.43. The number of nitrogens with one attached hydrogen (secondary N) is 2. The molecule has 0 fully saturated rings. The lowest BCUT2D eigenvalue weighted by Gasteiger charge is -2.29. The number of hydrogen-bond donors (Lipinski definition) is 2. The average molecular weight is 320 g/mol. The van der Waals surface area contributed by atoms with Gasteiger partial charge in [0.05, 0.1) is 6.04 Å². The number of benzene rings is 1. The Morgan fingerprint density at radius 1 is 1.32 bits per heavy atom. The second-order valence-electron chi connectivity index (χ2n) is 5.65. The van der Waals surface area contributed by atoms with Gasteiger partial charge in [0.1, 0.15) is 5.82 Å². The minimum atomic E-state index is -3.54. The van der Waals surface area contributed by atoms with Gasteiger partial charge in [0.2, 0.25) is 0 Å². The molecule has 1 aliphatic heterocycles. The molecule has 118 valence electrons. The highest BCUT2D eigenvalue weighted by Gasteiger charge is 2.28. The molecular weight excluding hydrogens is 300 g/mol. The Balaban J connectivity index is 1.74. The van der Waals surface area contributed by atoms with E-state index in [1.165, 1.54) is 9.87 Å².